The normalized spacial score (nSPS) is 9.81. The van der Waals surface area contributed by atoms with Crippen molar-refractivity contribution >= 4 is 5.97 Å². The molecule has 0 aliphatic rings. The largest absolute Gasteiger partial charge is 0.493 e. The molecule has 4 nitrogen and oxygen atoms in total. The van der Waals surface area contributed by atoms with Gasteiger partial charge in [-0.15, -0.1) is 0 Å². The Morgan fingerprint density at radius 3 is 2.43 bits per heavy atom. The first kappa shape index (κ1) is 14.6. The van der Waals surface area contributed by atoms with Gasteiger partial charge in [-0.2, -0.15) is 5.26 Å². The highest BCUT2D eigenvalue weighted by Gasteiger charge is 2.13. The van der Waals surface area contributed by atoms with E-state index in [0.717, 1.165) is 11.1 Å². The molecule has 0 aliphatic carbocycles. The molecule has 0 amide bonds. The zero-order valence-corrected chi connectivity index (χ0v) is 12.1. The lowest BCUT2D eigenvalue weighted by molar-refractivity contribution is 0.0729. The maximum atomic E-state index is 12.2. The van der Waals surface area contributed by atoms with Gasteiger partial charge in [0, 0.05) is 6.07 Å². The third-order valence-corrected chi connectivity index (χ3v) is 3.24. The van der Waals surface area contributed by atoms with E-state index in [1.54, 1.807) is 24.3 Å². The lowest BCUT2D eigenvalue weighted by Gasteiger charge is -2.10. The number of nitriles is 1. The topological polar surface area (TPSA) is 59.3 Å². The first-order valence-corrected chi connectivity index (χ1v) is 6.42. The molecule has 2 rings (SSSR count). The molecular formula is C17H15NO3. The summed E-state index contributed by atoms with van der Waals surface area (Å²) in [6.07, 6.45) is 0. The molecule has 0 bridgehead atoms. The van der Waals surface area contributed by atoms with Crippen molar-refractivity contribution in [1.82, 2.24) is 0 Å². The Bertz CT molecular complexity index is 729. The van der Waals surface area contributed by atoms with Crippen molar-refractivity contribution in [2.24, 2.45) is 0 Å². The fourth-order valence-corrected chi connectivity index (χ4v) is 1.85. The summed E-state index contributed by atoms with van der Waals surface area (Å²) in [5.41, 5.74) is 3.06. The predicted molar refractivity (Wildman–Crippen MR) is 78.6 cm³/mol. The fraction of sp³-hybridized carbons (Fsp3) is 0.176. The number of hydrogen-bond donors (Lipinski definition) is 0. The standard InChI is InChI=1S/C17H15NO3/c1-11-4-6-14(8-12(11)2)17(19)21-15-7-5-13(10-18)9-16(15)20-3/h4-9H,1-3H3. The molecule has 0 heterocycles. The first-order chi connectivity index (χ1) is 10.0. The van der Waals surface area contributed by atoms with E-state index < -0.39 is 5.97 Å². The van der Waals surface area contributed by atoms with Gasteiger partial charge >= 0.3 is 5.97 Å². The van der Waals surface area contributed by atoms with E-state index >= 15 is 0 Å². The average Bonchev–Trinajstić information content (AvgIpc) is 2.50. The van der Waals surface area contributed by atoms with E-state index in [1.165, 1.54) is 13.2 Å². The highest BCUT2D eigenvalue weighted by atomic mass is 16.6. The van der Waals surface area contributed by atoms with E-state index in [2.05, 4.69) is 0 Å². The quantitative estimate of drug-likeness (QED) is 0.639. The second-order valence-corrected chi connectivity index (χ2v) is 4.67. The van der Waals surface area contributed by atoms with Crippen LogP contribution in [0.1, 0.15) is 27.0 Å². The molecule has 106 valence electrons. The second kappa shape index (κ2) is 6.10. The molecule has 0 atom stereocenters. The van der Waals surface area contributed by atoms with Crippen LogP contribution in [0.2, 0.25) is 0 Å². The van der Waals surface area contributed by atoms with E-state index in [-0.39, 0.29) is 0 Å². The summed E-state index contributed by atoms with van der Waals surface area (Å²) in [6.45, 7) is 3.92. The molecule has 2 aromatic rings. The zero-order valence-electron chi connectivity index (χ0n) is 12.1. The number of methoxy groups -OCH3 is 1. The van der Waals surface area contributed by atoms with Crippen LogP contribution < -0.4 is 9.47 Å². The van der Waals surface area contributed by atoms with Gasteiger partial charge in [0.1, 0.15) is 0 Å². The highest BCUT2D eigenvalue weighted by Crippen LogP contribution is 2.28. The van der Waals surface area contributed by atoms with Crippen LogP contribution in [0.15, 0.2) is 36.4 Å². The van der Waals surface area contributed by atoms with Crippen molar-refractivity contribution < 1.29 is 14.3 Å². The monoisotopic (exact) mass is 281 g/mol. The number of nitrogens with zero attached hydrogens (tertiary/aromatic N) is 1. The predicted octanol–water partition coefficient (Wildman–Crippen LogP) is 3.40. The lowest BCUT2D eigenvalue weighted by atomic mass is 10.1. The molecule has 0 aromatic heterocycles. The van der Waals surface area contributed by atoms with Gasteiger partial charge in [-0.3, -0.25) is 0 Å². The van der Waals surface area contributed by atoms with Crippen LogP contribution >= 0.6 is 0 Å². The van der Waals surface area contributed by atoms with Crippen LogP contribution in [-0.2, 0) is 0 Å². The van der Waals surface area contributed by atoms with Crippen LogP contribution in [-0.4, -0.2) is 13.1 Å². The van der Waals surface area contributed by atoms with Crippen LogP contribution in [0.5, 0.6) is 11.5 Å². The van der Waals surface area contributed by atoms with Crippen molar-refractivity contribution in [2.75, 3.05) is 7.11 Å². The van der Waals surface area contributed by atoms with Crippen molar-refractivity contribution in [3.05, 3.63) is 58.7 Å². The van der Waals surface area contributed by atoms with Gasteiger partial charge in [0.05, 0.1) is 24.3 Å². The number of esters is 1. The third kappa shape index (κ3) is 3.21. The number of aryl methyl sites for hydroxylation is 2. The molecule has 0 aliphatic heterocycles. The van der Waals surface area contributed by atoms with Gasteiger partial charge in [-0.05, 0) is 49.2 Å². The van der Waals surface area contributed by atoms with Crippen LogP contribution in [0.4, 0.5) is 0 Å². The Labute approximate surface area is 123 Å². The summed E-state index contributed by atoms with van der Waals surface area (Å²) >= 11 is 0. The third-order valence-electron chi connectivity index (χ3n) is 3.24. The Hall–Kier alpha value is -2.80. The molecule has 4 heteroatoms. The van der Waals surface area contributed by atoms with Gasteiger partial charge in [-0.1, -0.05) is 6.07 Å². The average molecular weight is 281 g/mol. The second-order valence-electron chi connectivity index (χ2n) is 4.67. The van der Waals surface area contributed by atoms with E-state index in [1.807, 2.05) is 26.0 Å². The number of carbonyl (C=O) groups excluding carboxylic acids is 1. The Morgan fingerprint density at radius 1 is 1.05 bits per heavy atom. The molecule has 0 saturated carbocycles. The molecule has 0 unspecified atom stereocenters. The van der Waals surface area contributed by atoms with E-state index in [4.69, 9.17) is 14.7 Å². The van der Waals surface area contributed by atoms with Gasteiger partial charge in [0.15, 0.2) is 11.5 Å². The first-order valence-electron chi connectivity index (χ1n) is 6.42. The molecule has 0 radical (unpaired) electrons. The van der Waals surface area contributed by atoms with E-state index in [9.17, 15) is 4.79 Å². The van der Waals surface area contributed by atoms with Gasteiger partial charge in [-0.25, -0.2) is 4.79 Å². The number of carbonyl (C=O) groups is 1. The van der Waals surface area contributed by atoms with Gasteiger partial charge < -0.3 is 9.47 Å². The maximum absolute atomic E-state index is 12.2. The molecule has 0 N–H and O–H groups in total. The molecular weight excluding hydrogens is 266 g/mol. The van der Waals surface area contributed by atoms with Crippen LogP contribution in [0, 0.1) is 25.2 Å². The zero-order chi connectivity index (χ0) is 15.4. The Balaban J connectivity index is 2.27. The Morgan fingerprint density at radius 2 is 1.81 bits per heavy atom. The summed E-state index contributed by atoms with van der Waals surface area (Å²) in [6, 6.07) is 12.1. The Kier molecular flexibility index (Phi) is 4.24. The minimum absolute atomic E-state index is 0.291. The van der Waals surface area contributed by atoms with Crippen LogP contribution in [0.25, 0.3) is 0 Å². The van der Waals surface area contributed by atoms with Crippen LogP contribution in [0.3, 0.4) is 0 Å². The van der Waals surface area contributed by atoms with Crippen molar-refractivity contribution in [2.45, 2.75) is 13.8 Å². The molecule has 0 fully saturated rings. The summed E-state index contributed by atoms with van der Waals surface area (Å²) in [4.78, 5) is 12.2. The summed E-state index contributed by atoms with van der Waals surface area (Å²) in [5.74, 6) is 0.187. The number of hydrogen-bond acceptors (Lipinski definition) is 4. The maximum Gasteiger partial charge on any atom is 0.343 e. The summed E-state index contributed by atoms with van der Waals surface area (Å²) in [5, 5.41) is 8.85. The summed E-state index contributed by atoms with van der Waals surface area (Å²) in [7, 11) is 1.46. The minimum atomic E-state index is -0.457. The van der Waals surface area contributed by atoms with E-state index in [0.29, 0.717) is 22.6 Å². The number of ether oxygens (including phenoxy) is 2. The molecule has 2 aromatic carbocycles. The molecule has 0 spiro atoms. The molecule has 0 saturated heterocycles. The van der Waals surface area contributed by atoms with Crippen molar-refractivity contribution in [3.63, 3.8) is 0 Å². The smallest absolute Gasteiger partial charge is 0.343 e. The number of benzene rings is 2. The minimum Gasteiger partial charge on any atom is -0.493 e. The van der Waals surface area contributed by atoms with Gasteiger partial charge in [0.25, 0.3) is 0 Å². The highest BCUT2D eigenvalue weighted by molar-refractivity contribution is 5.91. The number of rotatable bonds is 3. The fourth-order valence-electron chi connectivity index (χ4n) is 1.85. The van der Waals surface area contributed by atoms with Crippen molar-refractivity contribution in [1.29, 1.82) is 5.26 Å². The van der Waals surface area contributed by atoms with Crippen molar-refractivity contribution in [3.8, 4) is 17.6 Å². The lowest BCUT2D eigenvalue weighted by Crippen LogP contribution is -2.09. The SMILES string of the molecule is COc1cc(C#N)ccc1OC(=O)c1ccc(C)c(C)c1. The molecule has 21 heavy (non-hydrogen) atoms. The summed E-state index contributed by atoms with van der Waals surface area (Å²) < 4.78 is 10.5. The van der Waals surface area contributed by atoms with Gasteiger partial charge in [0.2, 0.25) is 0 Å².